The standard InChI is InChI=1S/C11H10N2O3/c1-15-10-5-3-2-4-8(10)12-11(14)9-6-7-16-13-9/h2-7H,1H3,(H,12,14). The van der Waals surface area contributed by atoms with Crippen molar-refractivity contribution in [2.75, 3.05) is 12.4 Å². The fraction of sp³-hybridized carbons (Fsp3) is 0.0909. The highest BCUT2D eigenvalue weighted by molar-refractivity contribution is 6.03. The molecule has 1 aromatic carbocycles. The van der Waals surface area contributed by atoms with Gasteiger partial charge in [0.05, 0.1) is 12.8 Å². The Morgan fingerprint density at radius 2 is 2.19 bits per heavy atom. The minimum absolute atomic E-state index is 0.228. The lowest BCUT2D eigenvalue weighted by Crippen LogP contribution is -2.12. The van der Waals surface area contributed by atoms with E-state index in [1.807, 2.05) is 6.07 Å². The number of anilines is 1. The number of para-hydroxylation sites is 2. The molecule has 1 N–H and O–H groups in total. The normalized spacial score (nSPS) is 9.81. The fourth-order valence-electron chi connectivity index (χ4n) is 1.26. The van der Waals surface area contributed by atoms with Crippen LogP contribution in [0.5, 0.6) is 5.75 Å². The van der Waals surface area contributed by atoms with E-state index in [1.54, 1.807) is 25.3 Å². The van der Waals surface area contributed by atoms with Crippen LogP contribution in [-0.4, -0.2) is 18.2 Å². The van der Waals surface area contributed by atoms with Gasteiger partial charge < -0.3 is 14.6 Å². The maximum atomic E-state index is 11.7. The molecule has 0 radical (unpaired) electrons. The summed E-state index contributed by atoms with van der Waals surface area (Å²) < 4.78 is 9.69. The molecule has 2 aromatic rings. The predicted octanol–water partition coefficient (Wildman–Crippen LogP) is 1.94. The maximum Gasteiger partial charge on any atom is 0.277 e. The van der Waals surface area contributed by atoms with Crippen LogP contribution in [0.2, 0.25) is 0 Å². The number of ether oxygens (including phenoxy) is 1. The van der Waals surface area contributed by atoms with E-state index in [0.717, 1.165) is 0 Å². The number of aromatic nitrogens is 1. The number of nitrogens with one attached hydrogen (secondary N) is 1. The lowest BCUT2D eigenvalue weighted by Gasteiger charge is -2.07. The van der Waals surface area contributed by atoms with Crippen molar-refractivity contribution in [3.63, 3.8) is 0 Å². The van der Waals surface area contributed by atoms with E-state index in [9.17, 15) is 4.79 Å². The number of carbonyl (C=O) groups excluding carboxylic acids is 1. The number of rotatable bonds is 3. The number of carbonyl (C=O) groups is 1. The molecule has 1 amide bonds. The highest BCUT2D eigenvalue weighted by Crippen LogP contribution is 2.23. The topological polar surface area (TPSA) is 64.4 Å². The second kappa shape index (κ2) is 4.48. The van der Waals surface area contributed by atoms with Crippen LogP contribution in [0.25, 0.3) is 0 Å². The van der Waals surface area contributed by atoms with Gasteiger partial charge in [0.1, 0.15) is 12.0 Å². The summed E-state index contributed by atoms with van der Waals surface area (Å²) in [5.74, 6) is 0.262. The minimum atomic E-state index is -0.335. The molecule has 82 valence electrons. The first-order valence-corrected chi connectivity index (χ1v) is 4.66. The van der Waals surface area contributed by atoms with Crippen molar-refractivity contribution in [1.82, 2.24) is 5.16 Å². The van der Waals surface area contributed by atoms with Crippen LogP contribution in [0.15, 0.2) is 41.1 Å². The van der Waals surface area contributed by atoms with Gasteiger partial charge in [0, 0.05) is 6.07 Å². The van der Waals surface area contributed by atoms with Crippen molar-refractivity contribution in [3.05, 3.63) is 42.3 Å². The quantitative estimate of drug-likeness (QED) is 0.854. The SMILES string of the molecule is COc1ccccc1NC(=O)c1ccon1. The van der Waals surface area contributed by atoms with Gasteiger partial charge in [-0.05, 0) is 12.1 Å². The van der Waals surface area contributed by atoms with Gasteiger partial charge in [-0.2, -0.15) is 0 Å². The maximum absolute atomic E-state index is 11.7. The average molecular weight is 218 g/mol. The summed E-state index contributed by atoms with van der Waals surface area (Å²) in [6.45, 7) is 0. The summed E-state index contributed by atoms with van der Waals surface area (Å²) in [6, 6.07) is 8.63. The van der Waals surface area contributed by atoms with Gasteiger partial charge >= 0.3 is 0 Å². The van der Waals surface area contributed by atoms with Crippen LogP contribution in [0.3, 0.4) is 0 Å². The Morgan fingerprint density at radius 3 is 2.88 bits per heavy atom. The Morgan fingerprint density at radius 1 is 1.38 bits per heavy atom. The molecule has 2 rings (SSSR count). The van der Waals surface area contributed by atoms with Crippen molar-refractivity contribution in [3.8, 4) is 5.75 Å². The van der Waals surface area contributed by atoms with E-state index in [1.165, 1.54) is 12.3 Å². The van der Waals surface area contributed by atoms with Gasteiger partial charge in [-0.3, -0.25) is 4.79 Å². The van der Waals surface area contributed by atoms with Crippen LogP contribution in [0, 0.1) is 0 Å². The number of methoxy groups -OCH3 is 1. The second-order valence-corrected chi connectivity index (χ2v) is 3.04. The Bertz CT molecular complexity index is 480. The lowest BCUT2D eigenvalue weighted by molar-refractivity contribution is 0.101. The summed E-state index contributed by atoms with van der Waals surface area (Å²) in [5, 5.41) is 6.22. The van der Waals surface area contributed by atoms with Gasteiger partial charge in [-0.25, -0.2) is 0 Å². The van der Waals surface area contributed by atoms with Crippen LogP contribution < -0.4 is 10.1 Å². The fourth-order valence-corrected chi connectivity index (χ4v) is 1.26. The van der Waals surface area contributed by atoms with Crippen molar-refractivity contribution in [2.45, 2.75) is 0 Å². The number of hydrogen-bond acceptors (Lipinski definition) is 4. The molecule has 1 heterocycles. The second-order valence-electron chi connectivity index (χ2n) is 3.04. The zero-order valence-electron chi connectivity index (χ0n) is 8.64. The summed E-state index contributed by atoms with van der Waals surface area (Å²) in [4.78, 5) is 11.7. The highest BCUT2D eigenvalue weighted by atomic mass is 16.5. The molecular weight excluding hydrogens is 208 g/mol. The molecule has 0 saturated heterocycles. The molecule has 5 heteroatoms. The van der Waals surface area contributed by atoms with E-state index < -0.39 is 0 Å². The molecule has 0 aliphatic heterocycles. The first-order valence-electron chi connectivity index (χ1n) is 4.66. The van der Waals surface area contributed by atoms with Crippen molar-refractivity contribution in [2.24, 2.45) is 0 Å². The average Bonchev–Trinajstić information content (AvgIpc) is 2.83. The third-order valence-corrected chi connectivity index (χ3v) is 2.03. The van der Waals surface area contributed by atoms with Crippen molar-refractivity contribution in [1.29, 1.82) is 0 Å². The smallest absolute Gasteiger partial charge is 0.277 e. The number of nitrogens with zero attached hydrogens (tertiary/aromatic N) is 1. The zero-order valence-corrected chi connectivity index (χ0v) is 8.64. The summed E-state index contributed by atoms with van der Waals surface area (Å²) >= 11 is 0. The van der Waals surface area contributed by atoms with Gasteiger partial charge in [-0.15, -0.1) is 0 Å². The zero-order chi connectivity index (χ0) is 11.4. The Kier molecular flexibility index (Phi) is 2.86. The van der Waals surface area contributed by atoms with E-state index >= 15 is 0 Å². The van der Waals surface area contributed by atoms with Gasteiger partial charge in [0.2, 0.25) is 0 Å². The number of benzene rings is 1. The van der Waals surface area contributed by atoms with Crippen LogP contribution in [0.1, 0.15) is 10.5 Å². The molecule has 0 atom stereocenters. The first-order chi connectivity index (χ1) is 7.81. The predicted molar refractivity (Wildman–Crippen MR) is 57.5 cm³/mol. The third-order valence-electron chi connectivity index (χ3n) is 2.03. The molecule has 16 heavy (non-hydrogen) atoms. The van der Waals surface area contributed by atoms with Crippen LogP contribution in [0.4, 0.5) is 5.69 Å². The molecular formula is C11H10N2O3. The van der Waals surface area contributed by atoms with E-state index in [4.69, 9.17) is 4.74 Å². The Hall–Kier alpha value is -2.30. The number of hydrogen-bond donors (Lipinski definition) is 1. The summed E-state index contributed by atoms with van der Waals surface area (Å²) in [6.07, 6.45) is 1.34. The molecule has 0 bridgehead atoms. The molecule has 5 nitrogen and oxygen atoms in total. The lowest BCUT2D eigenvalue weighted by atomic mass is 10.3. The van der Waals surface area contributed by atoms with E-state index in [2.05, 4.69) is 15.0 Å². The van der Waals surface area contributed by atoms with Gasteiger partial charge in [0.25, 0.3) is 5.91 Å². The first kappa shape index (κ1) is 10.2. The summed E-state index contributed by atoms with van der Waals surface area (Å²) in [5.41, 5.74) is 0.823. The molecule has 0 saturated carbocycles. The third kappa shape index (κ3) is 2.03. The molecule has 0 fully saturated rings. The van der Waals surface area contributed by atoms with Crippen molar-refractivity contribution >= 4 is 11.6 Å². The van der Waals surface area contributed by atoms with Crippen molar-refractivity contribution < 1.29 is 14.1 Å². The van der Waals surface area contributed by atoms with Gasteiger partial charge in [0.15, 0.2) is 5.69 Å². The highest BCUT2D eigenvalue weighted by Gasteiger charge is 2.11. The molecule has 0 spiro atoms. The van der Waals surface area contributed by atoms with E-state index in [0.29, 0.717) is 11.4 Å². The minimum Gasteiger partial charge on any atom is -0.495 e. The Labute approximate surface area is 92.0 Å². The monoisotopic (exact) mass is 218 g/mol. The molecule has 0 unspecified atom stereocenters. The number of amides is 1. The summed E-state index contributed by atoms with van der Waals surface area (Å²) in [7, 11) is 1.54. The largest absolute Gasteiger partial charge is 0.495 e. The molecule has 0 aliphatic rings. The van der Waals surface area contributed by atoms with Crippen LogP contribution >= 0.6 is 0 Å². The van der Waals surface area contributed by atoms with E-state index in [-0.39, 0.29) is 11.6 Å². The molecule has 1 aromatic heterocycles. The van der Waals surface area contributed by atoms with Gasteiger partial charge in [-0.1, -0.05) is 17.3 Å². The van der Waals surface area contributed by atoms with Crippen LogP contribution in [-0.2, 0) is 0 Å². The molecule has 0 aliphatic carbocycles. The Balaban J connectivity index is 2.18.